The van der Waals surface area contributed by atoms with Crippen LogP contribution in [0, 0.1) is 0 Å². The molecule has 0 aliphatic carbocycles. The van der Waals surface area contributed by atoms with Gasteiger partial charge in [0.05, 0.1) is 5.69 Å². The number of aliphatic carboxylic acids is 1. The Morgan fingerprint density at radius 3 is 1.80 bits per heavy atom. The maximum absolute atomic E-state index is 12.1. The Morgan fingerprint density at radius 1 is 0.829 bits per heavy atom. The number of nitrogens with zero attached hydrogens (tertiary/aromatic N) is 1. The highest BCUT2D eigenvalue weighted by Crippen LogP contribution is 2.23. The van der Waals surface area contributed by atoms with Gasteiger partial charge in [0.1, 0.15) is 6.61 Å². The Bertz CT molecular complexity index is 1450. The first-order chi connectivity index (χ1) is 19.5. The van der Waals surface area contributed by atoms with Gasteiger partial charge in [-0.2, -0.15) is 0 Å². The third kappa shape index (κ3) is 10.4. The number of anilines is 1. The normalized spacial score (nSPS) is 12.2. The van der Waals surface area contributed by atoms with Crippen molar-refractivity contribution in [1.82, 2.24) is 0 Å². The molecule has 210 valence electrons. The maximum Gasteiger partial charge on any atom is 0.333 e. The molecule has 1 aliphatic rings. The van der Waals surface area contributed by atoms with E-state index in [1.807, 2.05) is 55.5 Å². The van der Waals surface area contributed by atoms with E-state index in [4.69, 9.17) is 9.84 Å². The van der Waals surface area contributed by atoms with Gasteiger partial charge in [0.15, 0.2) is 0 Å². The molecule has 0 radical (unpaired) electrons. The fraction of sp³-hybridized carbons (Fsp3) is 0.118. The van der Waals surface area contributed by atoms with Crippen LogP contribution in [0.3, 0.4) is 0 Å². The van der Waals surface area contributed by atoms with Crippen LogP contribution in [0.5, 0.6) is 0 Å². The Morgan fingerprint density at radius 2 is 1.34 bits per heavy atom. The van der Waals surface area contributed by atoms with E-state index in [1.165, 1.54) is 18.6 Å². The Labute approximate surface area is 240 Å². The number of carboxylic acids is 1. The summed E-state index contributed by atoms with van der Waals surface area (Å²) in [5, 5.41) is 8.77. The molecule has 1 N–H and O–H groups in total. The van der Waals surface area contributed by atoms with Gasteiger partial charge in [0, 0.05) is 22.8 Å². The molecular formula is C34H33NO6. The number of amides is 2. The summed E-state index contributed by atoms with van der Waals surface area (Å²) in [6, 6.07) is 28.2. The maximum atomic E-state index is 12.1. The highest BCUT2D eigenvalue weighted by molar-refractivity contribution is 6.31. The van der Waals surface area contributed by atoms with Crippen molar-refractivity contribution in [1.29, 1.82) is 0 Å². The van der Waals surface area contributed by atoms with Gasteiger partial charge in [-0.3, -0.25) is 9.59 Å². The molecule has 0 atom stereocenters. The highest BCUT2D eigenvalue weighted by Gasteiger charge is 2.31. The summed E-state index contributed by atoms with van der Waals surface area (Å²) in [7, 11) is 0. The van der Waals surface area contributed by atoms with Crippen molar-refractivity contribution < 1.29 is 29.0 Å². The van der Waals surface area contributed by atoms with Crippen molar-refractivity contribution in [2.24, 2.45) is 0 Å². The number of carboxylic acid groups (broad SMARTS) is 1. The molecular weight excluding hydrogens is 518 g/mol. The number of esters is 1. The van der Waals surface area contributed by atoms with Gasteiger partial charge < -0.3 is 9.84 Å². The molecule has 1 aliphatic heterocycles. The number of allylic oxidation sites excluding steroid dienone is 1. The summed E-state index contributed by atoms with van der Waals surface area (Å²) in [5.41, 5.74) is 4.29. The monoisotopic (exact) mass is 551 g/mol. The van der Waals surface area contributed by atoms with Crippen LogP contribution in [0.4, 0.5) is 5.69 Å². The first-order valence-electron chi connectivity index (χ1n) is 12.7. The number of carbonyl (C=O) groups is 4. The Hall–Kier alpha value is -5.30. The van der Waals surface area contributed by atoms with Crippen LogP contribution in [-0.4, -0.2) is 28.9 Å². The summed E-state index contributed by atoms with van der Waals surface area (Å²) < 4.78 is 4.95. The SMILES string of the molecule is C=C(C)C(=O)OCc1ccccc1.C=C(C)c1ccccc1.CC(=CC1=CC(=O)N(c2ccccc2)C1=O)C(=O)O. The lowest BCUT2D eigenvalue weighted by molar-refractivity contribution is -0.140. The minimum Gasteiger partial charge on any atom is -0.478 e. The second-order valence-electron chi connectivity index (χ2n) is 9.03. The smallest absolute Gasteiger partial charge is 0.333 e. The van der Waals surface area contributed by atoms with E-state index in [2.05, 4.69) is 25.3 Å². The molecule has 0 saturated carbocycles. The van der Waals surface area contributed by atoms with Crippen molar-refractivity contribution in [3.63, 3.8) is 0 Å². The highest BCUT2D eigenvalue weighted by atomic mass is 16.5. The quantitative estimate of drug-likeness (QED) is 0.203. The van der Waals surface area contributed by atoms with Crippen molar-refractivity contribution in [2.45, 2.75) is 27.4 Å². The van der Waals surface area contributed by atoms with Gasteiger partial charge in [-0.25, -0.2) is 14.5 Å². The third-order valence-corrected chi connectivity index (χ3v) is 5.50. The third-order valence-electron chi connectivity index (χ3n) is 5.50. The molecule has 41 heavy (non-hydrogen) atoms. The molecule has 0 aromatic heterocycles. The van der Waals surface area contributed by atoms with E-state index in [0.29, 0.717) is 17.9 Å². The number of imide groups is 1. The Balaban J connectivity index is 0.000000232. The van der Waals surface area contributed by atoms with E-state index in [1.54, 1.807) is 37.3 Å². The lowest BCUT2D eigenvalue weighted by Gasteiger charge is -2.13. The average Bonchev–Trinajstić information content (AvgIpc) is 3.25. The van der Waals surface area contributed by atoms with E-state index in [0.717, 1.165) is 22.1 Å². The molecule has 7 heteroatoms. The van der Waals surface area contributed by atoms with Crippen LogP contribution in [0.2, 0.25) is 0 Å². The average molecular weight is 552 g/mol. The fourth-order valence-corrected chi connectivity index (χ4v) is 3.28. The second kappa shape index (κ2) is 16.0. The van der Waals surface area contributed by atoms with Crippen LogP contribution in [0.15, 0.2) is 133 Å². The number of rotatable bonds is 7. The van der Waals surface area contributed by atoms with Gasteiger partial charge >= 0.3 is 11.9 Å². The lowest BCUT2D eigenvalue weighted by Crippen LogP contribution is -2.30. The van der Waals surface area contributed by atoms with Crippen LogP contribution in [-0.2, 0) is 30.5 Å². The minimum absolute atomic E-state index is 0.00214. The summed E-state index contributed by atoms with van der Waals surface area (Å²) in [6.45, 7) is 12.6. The zero-order valence-corrected chi connectivity index (χ0v) is 23.4. The molecule has 0 unspecified atom stereocenters. The molecule has 1 heterocycles. The predicted molar refractivity (Wildman–Crippen MR) is 161 cm³/mol. The molecule has 0 spiro atoms. The van der Waals surface area contributed by atoms with E-state index in [-0.39, 0.29) is 17.1 Å². The van der Waals surface area contributed by atoms with Crippen molar-refractivity contribution >= 4 is 35.0 Å². The topological polar surface area (TPSA) is 101 Å². The number of ether oxygens (including phenoxy) is 1. The molecule has 0 bridgehead atoms. The van der Waals surface area contributed by atoms with Crippen LogP contribution < -0.4 is 4.90 Å². The molecule has 0 fully saturated rings. The fourth-order valence-electron chi connectivity index (χ4n) is 3.28. The van der Waals surface area contributed by atoms with Gasteiger partial charge in [-0.05, 0) is 50.1 Å². The molecule has 7 nitrogen and oxygen atoms in total. The first kappa shape index (κ1) is 31.9. The van der Waals surface area contributed by atoms with Gasteiger partial charge in [-0.1, -0.05) is 97.6 Å². The molecule has 3 aromatic carbocycles. The standard InChI is InChI=1S/C14H11NO4.C11H12O2.C9H10/c1-9(14(18)19)7-10-8-12(16)15(13(10)17)11-5-3-2-4-6-11;1-9(2)11(12)13-8-10-6-4-3-5-7-10;1-8(2)9-6-4-3-5-7-9/h2-8H,1H3,(H,18,19);3-7H,1,8H2,2H3;3-7H,1H2,2H3. The van der Waals surface area contributed by atoms with E-state index < -0.39 is 17.8 Å². The summed E-state index contributed by atoms with van der Waals surface area (Å²) in [6.07, 6.45) is 2.34. The van der Waals surface area contributed by atoms with Gasteiger partial charge in [0.25, 0.3) is 11.8 Å². The number of hydrogen-bond donors (Lipinski definition) is 1. The zero-order valence-electron chi connectivity index (χ0n) is 23.4. The zero-order chi connectivity index (χ0) is 30.4. The van der Waals surface area contributed by atoms with E-state index in [9.17, 15) is 19.2 Å². The molecule has 3 aromatic rings. The summed E-state index contributed by atoms with van der Waals surface area (Å²) in [4.78, 5) is 46.6. The number of hydrogen-bond acceptors (Lipinski definition) is 5. The number of para-hydroxylation sites is 1. The number of benzene rings is 3. The number of carbonyl (C=O) groups excluding carboxylic acids is 3. The molecule has 2 amide bonds. The Kier molecular flexibility index (Phi) is 12.4. The largest absolute Gasteiger partial charge is 0.478 e. The van der Waals surface area contributed by atoms with Crippen molar-refractivity contribution in [2.75, 3.05) is 4.90 Å². The van der Waals surface area contributed by atoms with Crippen molar-refractivity contribution in [3.05, 3.63) is 144 Å². The van der Waals surface area contributed by atoms with Gasteiger partial charge in [0.2, 0.25) is 0 Å². The second-order valence-corrected chi connectivity index (χ2v) is 9.03. The van der Waals surface area contributed by atoms with Gasteiger partial charge in [-0.15, -0.1) is 0 Å². The lowest BCUT2D eigenvalue weighted by atomic mass is 10.1. The molecule has 0 saturated heterocycles. The minimum atomic E-state index is -1.13. The molecule has 4 rings (SSSR count). The van der Waals surface area contributed by atoms with Crippen molar-refractivity contribution in [3.8, 4) is 0 Å². The van der Waals surface area contributed by atoms with Crippen LogP contribution >= 0.6 is 0 Å². The summed E-state index contributed by atoms with van der Waals surface area (Å²) >= 11 is 0. The van der Waals surface area contributed by atoms with Crippen LogP contribution in [0.25, 0.3) is 5.57 Å². The predicted octanol–water partition coefficient (Wildman–Crippen LogP) is 6.54. The first-order valence-corrected chi connectivity index (χ1v) is 12.7. The van der Waals surface area contributed by atoms with E-state index >= 15 is 0 Å². The summed E-state index contributed by atoms with van der Waals surface area (Å²) in [5.74, 6) is -2.46. The van der Waals surface area contributed by atoms with Crippen LogP contribution in [0.1, 0.15) is 31.9 Å².